The summed E-state index contributed by atoms with van der Waals surface area (Å²) in [6, 6.07) is 18.0. The Kier molecular flexibility index (Phi) is 12.3. The van der Waals surface area contributed by atoms with Crippen molar-refractivity contribution in [2.24, 2.45) is 5.92 Å². The lowest BCUT2D eigenvalue weighted by molar-refractivity contribution is -0.165. The van der Waals surface area contributed by atoms with Crippen LogP contribution in [0.15, 0.2) is 67.3 Å². The van der Waals surface area contributed by atoms with Crippen LogP contribution in [0.3, 0.4) is 0 Å². The molecule has 0 radical (unpaired) electrons. The summed E-state index contributed by atoms with van der Waals surface area (Å²) in [6.07, 6.45) is 8.72. The summed E-state index contributed by atoms with van der Waals surface area (Å²) < 4.78 is 76.6. The van der Waals surface area contributed by atoms with Crippen molar-refractivity contribution >= 4 is 16.1 Å². The molecule has 0 bridgehead atoms. The van der Waals surface area contributed by atoms with Crippen molar-refractivity contribution < 1.29 is 40.0 Å². The van der Waals surface area contributed by atoms with Gasteiger partial charge in [0.25, 0.3) is 0 Å². The number of rotatable bonds is 16. The first kappa shape index (κ1) is 32.7. The fourth-order valence-corrected chi connectivity index (χ4v) is 5.93. The molecule has 0 aromatic heterocycles. The van der Waals surface area contributed by atoms with E-state index in [2.05, 4.69) is 10.8 Å². The van der Waals surface area contributed by atoms with Gasteiger partial charge in [-0.25, -0.2) is 4.79 Å². The second kappa shape index (κ2) is 15.4. The molecular formula is C31H39F3O6S. The molecule has 1 atom stereocenters. The van der Waals surface area contributed by atoms with Gasteiger partial charge < -0.3 is 9.47 Å². The molecule has 1 fully saturated rings. The molecule has 0 saturated heterocycles. The molecule has 226 valence electrons. The largest absolute Gasteiger partial charge is 0.523 e. The summed E-state index contributed by atoms with van der Waals surface area (Å²) in [5, 5.41) is 0. The SMILES string of the molecule is C=CC(=O)OC(CCCCCOc1ccc(-c2ccccc2)cc1)(CCCOS(=O)(=O)C(F)(F)F)C1CCCCC1. The van der Waals surface area contributed by atoms with Gasteiger partial charge in [-0.15, -0.1) is 0 Å². The number of hydrogen-bond donors (Lipinski definition) is 0. The Morgan fingerprint density at radius 3 is 2.12 bits per heavy atom. The lowest BCUT2D eigenvalue weighted by Gasteiger charge is -2.42. The zero-order valence-corrected chi connectivity index (χ0v) is 24.1. The standard InChI is InChI=1S/C31H39F3O6S/c1-2-29(35)40-30(27-15-8-4-9-16-27,22-12-24-39-41(36,37)31(32,33)34)21-10-5-11-23-38-28-19-17-26(18-20-28)25-13-6-3-7-14-25/h2-3,6-7,13-14,17-20,27H,1,4-5,8-12,15-16,21-24H2. The average Bonchev–Trinajstić information content (AvgIpc) is 2.97. The third-order valence-electron chi connectivity index (χ3n) is 7.56. The monoisotopic (exact) mass is 596 g/mol. The zero-order valence-electron chi connectivity index (χ0n) is 23.2. The molecule has 2 aromatic carbocycles. The van der Waals surface area contributed by atoms with Crippen LogP contribution in [-0.2, 0) is 23.8 Å². The molecular weight excluding hydrogens is 557 g/mol. The maximum Gasteiger partial charge on any atom is 0.523 e. The number of carbonyl (C=O) groups is 1. The van der Waals surface area contributed by atoms with Gasteiger partial charge in [0.1, 0.15) is 11.4 Å². The van der Waals surface area contributed by atoms with Crippen LogP contribution in [0.2, 0.25) is 0 Å². The minimum absolute atomic E-state index is 0.00167. The first-order chi connectivity index (χ1) is 19.6. The normalized spacial score (nSPS) is 16.1. The molecule has 2 aromatic rings. The van der Waals surface area contributed by atoms with Gasteiger partial charge >= 0.3 is 21.6 Å². The second-order valence-electron chi connectivity index (χ2n) is 10.4. The Labute approximate surface area is 241 Å². The summed E-state index contributed by atoms with van der Waals surface area (Å²) in [6.45, 7) is 3.37. The van der Waals surface area contributed by atoms with Crippen LogP contribution >= 0.6 is 0 Å². The summed E-state index contributed by atoms with van der Waals surface area (Å²) >= 11 is 0. The highest BCUT2D eigenvalue weighted by atomic mass is 32.2. The highest BCUT2D eigenvalue weighted by molar-refractivity contribution is 7.87. The first-order valence-corrected chi connectivity index (χ1v) is 15.6. The van der Waals surface area contributed by atoms with E-state index in [-0.39, 0.29) is 18.8 Å². The van der Waals surface area contributed by atoms with Gasteiger partial charge in [-0.2, -0.15) is 21.6 Å². The van der Waals surface area contributed by atoms with E-state index in [1.165, 1.54) is 0 Å². The van der Waals surface area contributed by atoms with Gasteiger partial charge in [0.2, 0.25) is 0 Å². The van der Waals surface area contributed by atoms with E-state index in [4.69, 9.17) is 9.47 Å². The summed E-state index contributed by atoms with van der Waals surface area (Å²) in [7, 11) is -5.67. The van der Waals surface area contributed by atoms with Crippen LogP contribution in [0.5, 0.6) is 5.75 Å². The van der Waals surface area contributed by atoms with Crippen molar-refractivity contribution in [3.8, 4) is 16.9 Å². The molecule has 1 unspecified atom stereocenters. The minimum atomic E-state index is -5.67. The number of unbranched alkanes of at least 4 members (excludes halogenated alkanes) is 2. The Bertz CT molecular complexity index is 1190. The molecule has 41 heavy (non-hydrogen) atoms. The van der Waals surface area contributed by atoms with Crippen molar-refractivity contribution in [2.75, 3.05) is 13.2 Å². The Hall–Kier alpha value is -2.85. The van der Waals surface area contributed by atoms with Gasteiger partial charge in [0, 0.05) is 6.08 Å². The molecule has 0 amide bonds. The quantitative estimate of drug-likeness (QED) is 0.0643. The highest BCUT2D eigenvalue weighted by Crippen LogP contribution is 2.42. The van der Waals surface area contributed by atoms with Gasteiger partial charge in [0.05, 0.1) is 13.2 Å². The molecule has 1 aliphatic carbocycles. The minimum Gasteiger partial charge on any atom is -0.494 e. The van der Waals surface area contributed by atoms with Crippen LogP contribution < -0.4 is 4.74 Å². The molecule has 0 N–H and O–H groups in total. The van der Waals surface area contributed by atoms with E-state index in [9.17, 15) is 26.4 Å². The van der Waals surface area contributed by atoms with Gasteiger partial charge in [0.15, 0.2) is 0 Å². The number of alkyl halides is 3. The number of benzene rings is 2. The van der Waals surface area contributed by atoms with Crippen LogP contribution in [0.25, 0.3) is 11.1 Å². The molecule has 0 spiro atoms. The number of ether oxygens (including phenoxy) is 2. The molecule has 3 rings (SSSR count). The van der Waals surface area contributed by atoms with E-state index in [1.54, 1.807) is 0 Å². The maximum absolute atomic E-state index is 12.7. The predicted octanol–water partition coefficient (Wildman–Crippen LogP) is 7.99. The maximum atomic E-state index is 12.7. The lowest BCUT2D eigenvalue weighted by Crippen LogP contribution is -2.44. The van der Waals surface area contributed by atoms with E-state index in [0.717, 1.165) is 67.9 Å². The van der Waals surface area contributed by atoms with Crippen LogP contribution in [0.4, 0.5) is 13.2 Å². The van der Waals surface area contributed by atoms with Crippen LogP contribution in [0, 0.1) is 5.92 Å². The van der Waals surface area contributed by atoms with Crippen molar-refractivity contribution in [1.82, 2.24) is 0 Å². The van der Waals surface area contributed by atoms with E-state index >= 15 is 0 Å². The summed E-state index contributed by atoms with van der Waals surface area (Å²) in [5.41, 5.74) is -4.17. The topological polar surface area (TPSA) is 78.9 Å². The summed E-state index contributed by atoms with van der Waals surface area (Å²) in [4.78, 5) is 12.4. The smallest absolute Gasteiger partial charge is 0.494 e. The first-order valence-electron chi connectivity index (χ1n) is 14.2. The molecule has 6 nitrogen and oxygen atoms in total. The average molecular weight is 597 g/mol. The number of hydrogen-bond acceptors (Lipinski definition) is 6. The summed E-state index contributed by atoms with van der Waals surface area (Å²) in [5.74, 6) is 0.204. The fourth-order valence-electron chi connectivity index (χ4n) is 5.46. The van der Waals surface area contributed by atoms with Crippen molar-refractivity contribution in [3.05, 3.63) is 67.3 Å². The van der Waals surface area contributed by atoms with Gasteiger partial charge in [-0.05, 0) is 80.5 Å². The highest BCUT2D eigenvalue weighted by Gasteiger charge is 2.47. The molecule has 1 aliphatic rings. The molecule has 10 heteroatoms. The van der Waals surface area contributed by atoms with Crippen molar-refractivity contribution in [1.29, 1.82) is 0 Å². The van der Waals surface area contributed by atoms with Crippen molar-refractivity contribution in [2.45, 2.75) is 81.7 Å². The molecule has 0 aliphatic heterocycles. The Balaban J connectivity index is 1.55. The Morgan fingerprint density at radius 1 is 0.854 bits per heavy atom. The van der Waals surface area contributed by atoms with Crippen LogP contribution in [0.1, 0.15) is 70.6 Å². The second-order valence-corrected chi connectivity index (χ2v) is 12.0. The third kappa shape index (κ3) is 9.88. The number of carbonyl (C=O) groups excluding carboxylic acids is 1. The fraction of sp³-hybridized carbons (Fsp3) is 0.516. The van der Waals surface area contributed by atoms with E-state index in [0.29, 0.717) is 19.4 Å². The molecule has 1 saturated carbocycles. The lowest BCUT2D eigenvalue weighted by atomic mass is 9.72. The number of esters is 1. The predicted molar refractivity (Wildman–Crippen MR) is 152 cm³/mol. The zero-order chi connectivity index (χ0) is 29.8. The van der Waals surface area contributed by atoms with Crippen molar-refractivity contribution in [3.63, 3.8) is 0 Å². The number of halogens is 3. The molecule has 0 heterocycles. The third-order valence-corrected chi connectivity index (χ3v) is 8.60. The van der Waals surface area contributed by atoms with Gasteiger partial charge in [-0.1, -0.05) is 68.3 Å². The Morgan fingerprint density at radius 2 is 1.49 bits per heavy atom. The van der Waals surface area contributed by atoms with E-state index < -0.39 is 33.8 Å². The van der Waals surface area contributed by atoms with E-state index in [1.807, 2.05) is 54.6 Å². The van der Waals surface area contributed by atoms with Gasteiger partial charge in [-0.3, -0.25) is 4.18 Å². The van der Waals surface area contributed by atoms with Crippen LogP contribution in [-0.4, -0.2) is 38.7 Å².